The van der Waals surface area contributed by atoms with Crippen LogP contribution in [0.15, 0.2) is 17.1 Å². The van der Waals surface area contributed by atoms with Gasteiger partial charge in [0.15, 0.2) is 17.5 Å². The number of aliphatic imine (C=N–C) groups is 1. The molecule has 0 fully saturated rings. The molecule has 0 bridgehead atoms. The third kappa shape index (κ3) is 7.90. The van der Waals surface area contributed by atoms with Crippen LogP contribution in [-0.4, -0.2) is 53.6 Å². The Labute approximate surface area is 186 Å². The van der Waals surface area contributed by atoms with E-state index in [-0.39, 0.29) is 30.1 Å². The van der Waals surface area contributed by atoms with E-state index in [1.54, 1.807) is 28.4 Å². The van der Waals surface area contributed by atoms with E-state index >= 15 is 0 Å². The lowest BCUT2D eigenvalue weighted by atomic mass is 10.0. The highest BCUT2D eigenvalue weighted by Gasteiger charge is 2.16. The fraction of sp³-hybridized carbons (Fsp3) is 0.650. The molecule has 0 aliphatic carbocycles. The molecule has 1 unspecified atom stereocenters. The summed E-state index contributed by atoms with van der Waals surface area (Å²) in [7, 11) is 6.58. The van der Waals surface area contributed by atoms with Gasteiger partial charge in [-0.1, -0.05) is 13.8 Å². The first-order valence-electron chi connectivity index (χ1n) is 9.36. The second-order valence-corrected chi connectivity index (χ2v) is 6.37. The summed E-state index contributed by atoms with van der Waals surface area (Å²) in [5.74, 6) is 3.08. The van der Waals surface area contributed by atoms with Crippen molar-refractivity contribution in [1.29, 1.82) is 0 Å². The number of methoxy groups -OCH3 is 3. The lowest BCUT2D eigenvalue weighted by Gasteiger charge is -2.22. The number of benzene rings is 1. The SMILES string of the molecule is CCOC(CCNC(=NC)NCc1ccc(OC)c(OC)c1OC)C(C)C.I. The van der Waals surface area contributed by atoms with Crippen LogP contribution in [0.2, 0.25) is 0 Å². The molecule has 2 N–H and O–H groups in total. The minimum Gasteiger partial charge on any atom is -0.493 e. The zero-order valence-electron chi connectivity index (χ0n) is 18.1. The number of hydrogen-bond acceptors (Lipinski definition) is 5. The summed E-state index contributed by atoms with van der Waals surface area (Å²) in [6.07, 6.45) is 1.16. The molecule has 0 radical (unpaired) electrons. The van der Waals surface area contributed by atoms with Crippen LogP contribution in [0.3, 0.4) is 0 Å². The molecule has 0 heterocycles. The lowest BCUT2D eigenvalue weighted by molar-refractivity contribution is 0.0258. The molecule has 1 aromatic rings. The van der Waals surface area contributed by atoms with Gasteiger partial charge in [-0.25, -0.2) is 0 Å². The van der Waals surface area contributed by atoms with Crippen molar-refractivity contribution in [2.24, 2.45) is 10.9 Å². The Morgan fingerprint density at radius 1 is 1.04 bits per heavy atom. The molecule has 0 saturated carbocycles. The summed E-state index contributed by atoms with van der Waals surface area (Å²) in [6, 6.07) is 3.81. The van der Waals surface area contributed by atoms with E-state index in [4.69, 9.17) is 18.9 Å². The van der Waals surface area contributed by atoms with Crippen molar-refractivity contribution in [3.05, 3.63) is 17.7 Å². The standard InChI is InChI=1S/C20H35N3O4.HI/c1-8-27-16(14(2)3)11-12-22-20(21-4)23-13-15-9-10-17(24-5)19(26-7)18(15)25-6;/h9-10,14,16H,8,11-13H2,1-7H3,(H2,21,22,23);1H. The van der Waals surface area contributed by atoms with Gasteiger partial charge < -0.3 is 29.6 Å². The van der Waals surface area contributed by atoms with E-state index in [1.807, 2.05) is 19.1 Å². The Bertz CT molecular complexity index is 597. The highest BCUT2D eigenvalue weighted by molar-refractivity contribution is 14.0. The van der Waals surface area contributed by atoms with Crippen molar-refractivity contribution in [1.82, 2.24) is 10.6 Å². The predicted molar refractivity (Wildman–Crippen MR) is 125 cm³/mol. The van der Waals surface area contributed by atoms with Gasteiger partial charge in [0, 0.05) is 32.3 Å². The number of guanidine groups is 1. The Hall–Kier alpha value is -1.42. The maximum Gasteiger partial charge on any atom is 0.203 e. The molecule has 0 saturated heterocycles. The predicted octanol–water partition coefficient (Wildman–Crippen LogP) is 3.45. The molecule has 0 aliphatic rings. The quantitative estimate of drug-likeness (QED) is 0.271. The summed E-state index contributed by atoms with van der Waals surface area (Å²) in [6.45, 7) is 8.44. The van der Waals surface area contributed by atoms with Crippen LogP contribution in [0, 0.1) is 5.92 Å². The van der Waals surface area contributed by atoms with Gasteiger partial charge in [-0.05, 0) is 31.4 Å². The summed E-state index contributed by atoms with van der Waals surface area (Å²) < 4.78 is 22.1. The van der Waals surface area contributed by atoms with E-state index in [9.17, 15) is 0 Å². The summed E-state index contributed by atoms with van der Waals surface area (Å²) in [5.41, 5.74) is 0.951. The molecule has 7 nitrogen and oxygen atoms in total. The Morgan fingerprint density at radius 3 is 2.21 bits per heavy atom. The van der Waals surface area contributed by atoms with Crippen molar-refractivity contribution in [3.63, 3.8) is 0 Å². The van der Waals surface area contributed by atoms with Gasteiger partial charge in [0.25, 0.3) is 0 Å². The number of halogens is 1. The monoisotopic (exact) mass is 509 g/mol. The van der Waals surface area contributed by atoms with Crippen molar-refractivity contribution in [2.75, 3.05) is 41.5 Å². The lowest BCUT2D eigenvalue weighted by Crippen LogP contribution is -2.39. The van der Waals surface area contributed by atoms with E-state index in [1.165, 1.54) is 0 Å². The third-order valence-corrected chi connectivity index (χ3v) is 4.30. The first-order valence-corrected chi connectivity index (χ1v) is 9.36. The first-order chi connectivity index (χ1) is 13.0. The van der Waals surface area contributed by atoms with Crippen LogP contribution in [0.25, 0.3) is 0 Å². The Morgan fingerprint density at radius 2 is 1.71 bits per heavy atom. The van der Waals surface area contributed by atoms with Crippen LogP contribution < -0.4 is 24.8 Å². The van der Waals surface area contributed by atoms with E-state index < -0.39 is 0 Å². The highest BCUT2D eigenvalue weighted by Crippen LogP contribution is 2.39. The van der Waals surface area contributed by atoms with Gasteiger partial charge >= 0.3 is 0 Å². The van der Waals surface area contributed by atoms with Crippen molar-refractivity contribution >= 4 is 29.9 Å². The van der Waals surface area contributed by atoms with Crippen molar-refractivity contribution in [3.8, 4) is 17.2 Å². The van der Waals surface area contributed by atoms with Gasteiger partial charge in [0.1, 0.15) is 0 Å². The van der Waals surface area contributed by atoms with Crippen LogP contribution >= 0.6 is 24.0 Å². The maximum absolute atomic E-state index is 5.78. The Balaban J connectivity index is 0.00000729. The molecule has 0 aliphatic heterocycles. The van der Waals surface area contributed by atoms with Crippen LogP contribution in [0.4, 0.5) is 0 Å². The third-order valence-electron chi connectivity index (χ3n) is 4.30. The molecule has 1 atom stereocenters. The van der Waals surface area contributed by atoms with Crippen molar-refractivity contribution < 1.29 is 18.9 Å². The molecular formula is C20H36IN3O4. The molecule has 0 aromatic heterocycles. The van der Waals surface area contributed by atoms with Gasteiger partial charge in [0.05, 0.1) is 27.4 Å². The number of nitrogens with one attached hydrogen (secondary N) is 2. The molecule has 1 rings (SSSR count). The molecule has 28 heavy (non-hydrogen) atoms. The van der Waals surface area contributed by atoms with Crippen LogP contribution in [0.1, 0.15) is 32.8 Å². The zero-order valence-corrected chi connectivity index (χ0v) is 20.5. The average Bonchev–Trinajstić information content (AvgIpc) is 2.68. The molecular weight excluding hydrogens is 473 g/mol. The van der Waals surface area contributed by atoms with Crippen LogP contribution in [0.5, 0.6) is 17.2 Å². The van der Waals surface area contributed by atoms with E-state index in [0.717, 1.165) is 31.1 Å². The van der Waals surface area contributed by atoms with Crippen LogP contribution in [-0.2, 0) is 11.3 Å². The van der Waals surface area contributed by atoms with Gasteiger partial charge in [-0.15, -0.1) is 24.0 Å². The second-order valence-electron chi connectivity index (χ2n) is 6.37. The summed E-state index contributed by atoms with van der Waals surface area (Å²) in [4.78, 5) is 4.28. The number of hydrogen-bond donors (Lipinski definition) is 2. The molecule has 0 amide bonds. The van der Waals surface area contributed by atoms with Gasteiger partial charge in [-0.3, -0.25) is 4.99 Å². The van der Waals surface area contributed by atoms with E-state index in [0.29, 0.717) is 29.7 Å². The van der Waals surface area contributed by atoms with Gasteiger partial charge in [0.2, 0.25) is 5.75 Å². The Kier molecular flexibility index (Phi) is 13.8. The molecule has 1 aromatic carbocycles. The minimum atomic E-state index is 0. The minimum absolute atomic E-state index is 0. The van der Waals surface area contributed by atoms with Gasteiger partial charge in [-0.2, -0.15) is 0 Å². The first kappa shape index (κ1) is 26.6. The van der Waals surface area contributed by atoms with E-state index in [2.05, 4.69) is 29.5 Å². The largest absolute Gasteiger partial charge is 0.493 e. The number of ether oxygens (including phenoxy) is 4. The zero-order chi connectivity index (χ0) is 20.2. The fourth-order valence-corrected chi connectivity index (χ4v) is 2.86. The number of nitrogens with zero attached hydrogens (tertiary/aromatic N) is 1. The maximum atomic E-state index is 5.78. The molecule has 0 spiro atoms. The second kappa shape index (κ2) is 14.6. The summed E-state index contributed by atoms with van der Waals surface area (Å²) >= 11 is 0. The van der Waals surface area contributed by atoms with Crippen molar-refractivity contribution in [2.45, 2.75) is 39.8 Å². The average molecular weight is 509 g/mol. The topological polar surface area (TPSA) is 73.3 Å². The summed E-state index contributed by atoms with van der Waals surface area (Å²) in [5, 5.41) is 6.64. The highest BCUT2D eigenvalue weighted by atomic mass is 127. The fourth-order valence-electron chi connectivity index (χ4n) is 2.86. The normalized spacial score (nSPS) is 12.2. The molecule has 8 heteroatoms. The molecule has 162 valence electrons. The number of rotatable bonds is 11. The smallest absolute Gasteiger partial charge is 0.203 e.